The fraction of sp³-hybridized carbons (Fsp3) is 0.438. The number of aliphatic hydroxyl groups is 1. The topological polar surface area (TPSA) is 56.3 Å². The number of nitrogens with zero attached hydrogens (tertiary/aromatic N) is 1. The monoisotopic (exact) mass is 306 g/mol. The van der Waals surface area contributed by atoms with Crippen molar-refractivity contribution in [2.45, 2.75) is 19.3 Å². The van der Waals surface area contributed by atoms with Gasteiger partial charge >= 0.3 is 0 Å². The van der Waals surface area contributed by atoms with E-state index in [0.717, 1.165) is 42.4 Å². The molecule has 1 aliphatic rings. The molecule has 1 aromatic heterocycles. The van der Waals surface area contributed by atoms with Gasteiger partial charge in [-0.2, -0.15) is 0 Å². The number of carbonyl (C=O) groups excluding carboxylic acids is 1. The number of aliphatic hydroxyl groups excluding tert-OH is 1. The van der Waals surface area contributed by atoms with Crippen molar-refractivity contribution in [1.29, 1.82) is 0 Å². The van der Waals surface area contributed by atoms with Crippen molar-refractivity contribution in [3.8, 4) is 0 Å². The summed E-state index contributed by atoms with van der Waals surface area (Å²) in [6, 6.07) is 5.67. The van der Waals surface area contributed by atoms with Crippen LogP contribution < -0.4 is 0 Å². The summed E-state index contributed by atoms with van der Waals surface area (Å²) in [6.07, 6.45) is 4.09. The number of fused-ring (bicyclic) bond motifs is 1. The molecule has 4 nitrogen and oxygen atoms in total. The van der Waals surface area contributed by atoms with Crippen molar-refractivity contribution >= 4 is 28.4 Å². The number of carbonyl (C=O) groups is 1. The van der Waals surface area contributed by atoms with E-state index in [1.165, 1.54) is 0 Å². The molecular weight excluding hydrogens is 288 g/mol. The number of aromatic amines is 1. The molecule has 0 saturated carbocycles. The van der Waals surface area contributed by atoms with Gasteiger partial charge in [-0.1, -0.05) is 17.7 Å². The van der Waals surface area contributed by atoms with Gasteiger partial charge in [0.1, 0.15) is 0 Å². The Morgan fingerprint density at radius 2 is 2.14 bits per heavy atom. The molecule has 112 valence electrons. The third kappa shape index (κ3) is 3.06. The van der Waals surface area contributed by atoms with Gasteiger partial charge in [0, 0.05) is 41.8 Å². The van der Waals surface area contributed by atoms with Crippen LogP contribution in [-0.4, -0.2) is 40.6 Å². The number of aromatic nitrogens is 1. The molecule has 1 amide bonds. The van der Waals surface area contributed by atoms with Gasteiger partial charge in [-0.3, -0.25) is 4.79 Å². The highest BCUT2D eigenvalue weighted by Gasteiger charge is 2.22. The number of likely N-dealkylation sites (tertiary alicyclic amines) is 1. The minimum Gasteiger partial charge on any atom is -0.396 e. The van der Waals surface area contributed by atoms with E-state index in [-0.39, 0.29) is 12.5 Å². The summed E-state index contributed by atoms with van der Waals surface area (Å²) < 4.78 is 0. The summed E-state index contributed by atoms with van der Waals surface area (Å²) in [7, 11) is 0. The van der Waals surface area contributed by atoms with Gasteiger partial charge in [0.2, 0.25) is 5.91 Å². The Bertz CT molecular complexity index is 645. The lowest BCUT2D eigenvalue weighted by atomic mass is 9.97. The molecule has 1 aliphatic heterocycles. The smallest absolute Gasteiger partial charge is 0.227 e. The van der Waals surface area contributed by atoms with Gasteiger partial charge in [-0.25, -0.2) is 0 Å². The number of nitrogens with one attached hydrogen (secondary N) is 1. The van der Waals surface area contributed by atoms with E-state index >= 15 is 0 Å². The second kappa shape index (κ2) is 6.08. The molecule has 1 aromatic carbocycles. The molecule has 0 unspecified atom stereocenters. The standard InChI is InChI=1S/C16H19ClN2O2/c17-13-1-2-14-12(9-18-15(14)8-13)7-16(21)19-5-3-11(10-20)4-6-19/h1-2,8-9,11,18,20H,3-7,10H2. The number of halogens is 1. The summed E-state index contributed by atoms with van der Waals surface area (Å²) in [5.74, 6) is 0.506. The first-order valence-electron chi connectivity index (χ1n) is 7.31. The molecule has 0 spiro atoms. The number of rotatable bonds is 3. The number of piperidine rings is 1. The normalized spacial score (nSPS) is 16.6. The van der Waals surface area contributed by atoms with Crippen LogP contribution in [-0.2, 0) is 11.2 Å². The summed E-state index contributed by atoms with van der Waals surface area (Å²) in [6.45, 7) is 1.72. The van der Waals surface area contributed by atoms with E-state index in [1.807, 2.05) is 29.3 Å². The predicted molar refractivity (Wildman–Crippen MR) is 83.4 cm³/mol. The first kappa shape index (κ1) is 14.4. The number of hydrogen-bond donors (Lipinski definition) is 2. The van der Waals surface area contributed by atoms with Crippen molar-refractivity contribution in [1.82, 2.24) is 9.88 Å². The molecule has 2 N–H and O–H groups in total. The highest BCUT2D eigenvalue weighted by molar-refractivity contribution is 6.31. The second-order valence-corrected chi connectivity index (χ2v) is 6.12. The summed E-state index contributed by atoms with van der Waals surface area (Å²) in [5.41, 5.74) is 1.97. The van der Waals surface area contributed by atoms with Crippen LogP contribution in [0.25, 0.3) is 10.9 Å². The van der Waals surface area contributed by atoms with Gasteiger partial charge in [0.25, 0.3) is 0 Å². The van der Waals surface area contributed by atoms with Crippen LogP contribution in [0.2, 0.25) is 5.02 Å². The van der Waals surface area contributed by atoms with Crippen molar-refractivity contribution < 1.29 is 9.90 Å². The molecule has 0 atom stereocenters. The predicted octanol–water partition coefficient (Wildman–Crippen LogP) is 2.59. The van der Waals surface area contributed by atoms with Gasteiger partial charge in [-0.05, 0) is 36.5 Å². The molecular formula is C16H19ClN2O2. The molecule has 3 rings (SSSR count). The molecule has 2 aromatic rings. The van der Waals surface area contributed by atoms with Crippen LogP contribution >= 0.6 is 11.6 Å². The van der Waals surface area contributed by atoms with Crippen molar-refractivity contribution in [3.63, 3.8) is 0 Å². The molecule has 1 saturated heterocycles. The molecule has 2 heterocycles. The van der Waals surface area contributed by atoms with E-state index in [0.29, 0.717) is 17.4 Å². The second-order valence-electron chi connectivity index (χ2n) is 5.69. The largest absolute Gasteiger partial charge is 0.396 e. The Morgan fingerprint density at radius 3 is 2.86 bits per heavy atom. The number of hydrogen-bond acceptors (Lipinski definition) is 2. The summed E-state index contributed by atoms with van der Waals surface area (Å²) in [5, 5.41) is 10.9. The molecule has 1 fully saturated rings. The lowest BCUT2D eigenvalue weighted by Gasteiger charge is -2.31. The Balaban J connectivity index is 1.69. The number of H-pyrrole nitrogens is 1. The number of amides is 1. The lowest BCUT2D eigenvalue weighted by Crippen LogP contribution is -2.39. The average Bonchev–Trinajstić information content (AvgIpc) is 2.89. The Hall–Kier alpha value is -1.52. The Morgan fingerprint density at radius 1 is 1.38 bits per heavy atom. The van der Waals surface area contributed by atoms with Crippen LogP contribution in [0.3, 0.4) is 0 Å². The van der Waals surface area contributed by atoms with E-state index < -0.39 is 0 Å². The quantitative estimate of drug-likeness (QED) is 0.916. The maximum absolute atomic E-state index is 12.4. The summed E-state index contributed by atoms with van der Waals surface area (Å²) >= 11 is 5.97. The zero-order valence-corrected chi connectivity index (χ0v) is 12.6. The van der Waals surface area contributed by atoms with Crippen LogP contribution in [0.4, 0.5) is 0 Å². The fourth-order valence-electron chi connectivity index (χ4n) is 2.94. The van der Waals surface area contributed by atoms with Crippen molar-refractivity contribution in [2.24, 2.45) is 5.92 Å². The molecule has 0 bridgehead atoms. The third-order valence-corrected chi connectivity index (χ3v) is 4.53. The summed E-state index contributed by atoms with van der Waals surface area (Å²) in [4.78, 5) is 17.5. The van der Waals surface area contributed by atoms with Crippen molar-refractivity contribution in [3.05, 3.63) is 35.0 Å². The molecule has 0 radical (unpaired) electrons. The molecule has 5 heteroatoms. The molecule has 21 heavy (non-hydrogen) atoms. The SMILES string of the molecule is O=C(Cc1c[nH]c2cc(Cl)ccc12)N1CCC(CO)CC1. The Kier molecular flexibility index (Phi) is 4.17. The number of benzene rings is 1. The van der Waals surface area contributed by atoms with Crippen LogP contribution in [0.1, 0.15) is 18.4 Å². The van der Waals surface area contributed by atoms with Crippen LogP contribution in [0.15, 0.2) is 24.4 Å². The van der Waals surface area contributed by atoms with Gasteiger partial charge in [0.05, 0.1) is 6.42 Å². The van der Waals surface area contributed by atoms with Gasteiger partial charge in [0.15, 0.2) is 0 Å². The van der Waals surface area contributed by atoms with Crippen LogP contribution in [0, 0.1) is 5.92 Å². The maximum Gasteiger partial charge on any atom is 0.227 e. The van der Waals surface area contributed by atoms with E-state index in [1.54, 1.807) is 0 Å². The maximum atomic E-state index is 12.4. The van der Waals surface area contributed by atoms with Gasteiger partial charge in [-0.15, -0.1) is 0 Å². The third-order valence-electron chi connectivity index (χ3n) is 4.30. The van der Waals surface area contributed by atoms with E-state index in [2.05, 4.69) is 4.98 Å². The molecule has 0 aliphatic carbocycles. The van der Waals surface area contributed by atoms with Gasteiger partial charge < -0.3 is 15.0 Å². The lowest BCUT2D eigenvalue weighted by molar-refractivity contribution is -0.132. The zero-order valence-electron chi connectivity index (χ0n) is 11.8. The highest BCUT2D eigenvalue weighted by atomic mass is 35.5. The average molecular weight is 307 g/mol. The fourth-order valence-corrected chi connectivity index (χ4v) is 3.12. The van der Waals surface area contributed by atoms with E-state index in [4.69, 9.17) is 16.7 Å². The minimum atomic E-state index is 0.155. The zero-order chi connectivity index (χ0) is 14.8. The first-order valence-corrected chi connectivity index (χ1v) is 7.69. The van der Waals surface area contributed by atoms with Crippen molar-refractivity contribution in [2.75, 3.05) is 19.7 Å². The van der Waals surface area contributed by atoms with Crippen LogP contribution in [0.5, 0.6) is 0 Å². The van der Waals surface area contributed by atoms with E-state index in [9.17, 15) is 4.79 Å². The Labute approximate surface area is 128 Å². The minimum absolute atomic E-state index is 0.155. The first-order chi connectivity index (χ1) is 10.2. The highest BCUT2D eigenvalue weighted by Crippen LogP contribution is 2.23.